The van der Waals surface area contributed by atoms with Crippen LogP contribution in [0, 0.1) is 5.82 Å². The Balaban J connectivity index is 1.33. The van der Waals surface area contributed by atoms with E-state index in [1.165, 1.54) is 23.0 Å². The Morgan fingerprint density at radius 3 is 2.41 bits per heavy atom. The van der Waals surface area contributed by atoms with E-state index >= 15 is 0 Å². The van der Waals surface area contributed by atoms with Crippen molar-refractivity contribution in [2.45, 2.75) is 18.9 Å². The number of amides is 2. The van der Waals surface area contributed by atoms with Gasteiger partial charge in [-0.15, -0.1) is 5.10 Å². The molecule has 1 N–H and O–H groups in total. The second-order valence-electron chi connectivity index (χ2n) is 6.80. The third kappa shape index (κ3) is 4.29. The summed E-state index contributed by atoms with van der Waals surface area (Å²) in [5.41, 5.74) is 1.42. The fraction of sp³-hybridized carbons (Fsp3) is 0.250. The van der Waals surface area contributed by atoms with Gasteiger partial charge in [-0.25, -0.2) is 9.07 Å². The number of piperidine rings is 1. The Labute approximate surface area is 166 Å². The van der Waals surface area contributed by atoms with Crippen molar-refractivity contribution < 1.29 is 14.0 Å². The zero-order chi connectivity index (χ0) is 20.2. The van der Waals surface area contributed by atoms with Crippen LogP contribution < -0.4 is 5.32 Å². The van der Waals surface area contributed by atoms with Crippen LogP contribution in [0.25, 0.3) is 5.69 Å². The number of halogens is 1. The van der Waals surface area contributed by atoms with Crippen LogP contribution >= 0.6 is 0 Å². The smallest absolute Gasteiger partial charge is 0.276 e. The topological polar surface area (TPSA) is 93.0 Å². The van der Waals surface area contributed by atoms with E-state index in [2.05, 4.69) is 20.6 Å². The summed E-state index contributed by atoms with van der Waals surface area (Å²) in [6.45, 7) is 1.03. The molecule has 3 heterocycles. The molecular weight excluding hydrogens is 375 g/mol. The Morgan fingerprint density at radius 1 is 1.03 bits per heavy atom. The maximum Gasteiger partial charge on any atom is 0.276 e. The number of hydrogen-bond acceptors (Lipinski definition) is 5. The van der Waals surface area contributed by atoms with Crippen LogP contribution in [0.15, 0.2) is 55.0 Å². The summed E-state index contributed by atoms with van der Waals surface area (Å²) in [6, 6.07) is 9.11. The van der Waals surface area contributed by atoms with Crippen LogP contribution in [0.1, 0.15) is 33.7 Å². The Kier molecular flexibility index (Phi) is 5.28. The molecule has 3 aromatic rings. The van der Waals surface area contributed by atoms with E-state index in [0.29, 0.717) is 37.2 Å². The van der Waals surface area contributed by atoms with Gasteiger partial charge in [-0.05, 0) is 49.2 Å². The van der Waals surface area contributed by atoms with Gasteiger partial charge in [0, 0.05) is 37.1 Å². The quantitative estimate of drug-likeness (QED) is 0.729. The minimum absolute atomic E-state index is 0.00890. The third-order valence-corrected chi connectivity index (χ3v) is 4.86. The summed E-state index contributed by atoms with van der Waals surface area (Å²) in [5, 5.41) is 10.9. The van der Waals surface area contributed by atoms with E-state index in [0.717, 1.165) is 0 Å². The van der Waals surface area contributed by atoms with Gasteiger partial charge in [0.15, 0.2) is 5.69 Å². The van der Waals surface area contributed by atoms with Crippen molar-refractivity contribution in [1.29, 1.82) is 0 Å². The van der Waals surface area contributed by atoms with E-state index in [9.17, 15) is 14.0 Å². The second-order valence-corrected chi connectivity index (χ2v) is 6.80. The zero-order valence-electron chi connectivity index (χ0n) is 15.5. The molecule has 0 saturated carbocycles. The number of aromatic nitrogens is 4. The molecule has 0 spiro atoms. The molecule has 1 saturated heterocycles. The lowest BCUT2D eigenvalue weighted by Gasteiger charge is -2.31. The molecule has 29 heavy (non-hydrogen) atoms. The van der Waals surface area contributed by atoms with Crippen molar-refractivity contribution in [1.82, 2.24) is 30.2 Å². The van der Waals surface area contributed by atoms with Crippen molar-refractivity contribution >= 4 is 11.8 Å². The summed E-state index contributed by atoms with van der Waals surface area (Å²) < 4.78 is 14.5. The lowest BCUT2D eigenvalue weighted by molar-refractivity contribution is 0.0692. The van der Waals surface area contributed by atoms with E-state index < -0.39 is 0 Å². The molecule has 8 nitrogen and oxygen atoms in total. The molecule has 1 aliphatic rings. The monoisotopic (exact) mass is 394 g/mol. The molecule has 0 bridgehead atoms. The Hall–Kier alpha value is -3.62. The molecule has 2 aromatic heterocycles. The first-order chi connectivity index (χ1) is 14.1. The van der Waals surface area contributed by atoms with Crippen LogP contribution in [0.3, 0.4) is 0 Å². The lowest BCUT2D eigenvalue weighted by Crippen LogP contribution is -2.46. The van der Waals surface area contributed by atoms with Gasteiger partial charge in [0.05, 0.1) is 11.9 Å². The largest absolute Gasteiger partial charge is 0.349 e. The molecule has 1 aromatic carbocycles. The van der Waals surface area contributed by atoms with Crippen LogP contribution in [0.2, 0.25) is 0 Å². The molecule has 0 aliphatic carbocycles. The van der Waals surface area contributed by atoms with Crippen LogP contribution in [-0.2, 0) is 0 Å². The van der Waals surface area contributed by atoms with Gasteiger partial charge in [-0.1, -0.05) is 5.21 Å². The summed E-state index contributed by atoms with van der Waals surface area (Å²) >= 11 is 0. The molecule has 9 heteroatoms. The number of benzene rings is 1. The molecule has 4 rings (SSSR count). The van der Waals surface area contributed by atoms with Crippen LogP contribution in [0.4, 0.5) is 4.39 Å². The van der Waals surface area contributed by atoms with E-state index in [1.54, 1.807) is 41.6 Å². The van der Waals surface area contributed by atoms with Crippen molar-refractivity contribution in [2.75, 3.05) is 13.1 Å². The molecule has 0 atom stereocenters. The number of nitrogens with zero attached hydrogens (tertiary/aromatic N) is 5. The van der Waals surface area contributed by atoms with Gasteiger partial charge in [0.2, 0.25) is 0 Å². The maximum atomic E-state index is 13.1. The SMILES string of the molecule is O=C(NC1CCN(C(=O)c2cn(-c3ccc(F)cc3)nn2)CC1)c1ccncc1. The first-order valence-electron chi connectivity index (χ1n) is 9.28. The number of carbonyl (C=O) groups is 2. The van der Waals surface area contributed by atoms with Gasteiger partial charge in [0.1, 0.15) is 5.82 Å². The third-order valence-electron chi connectivity index (χ3n) is 4.86. The molecule has 0 radical (unpaired) electrons. The maximum absolute atomic E-state index is 13.1. The Bertz CT molecular complexity index is 997. The average Bonchev–Trinajstić information content (AvgIpc) is 3.25. The highest BCUT2D eigenvalue weighted by atomic mass is 19.1. The summed E-state index contributed by atoms with van der Waals surface area (Å²) in [7, 11) is 0. The minimum atomic E-state index is -0.343. The normalized spacial score (nSPS) is 14.6. The highest BCUT2D eigenvalue weighted by Crippen LogP contribution is 2.15. The number of nitrogens with one attached hydrogen (secondary N) is 1. The fourth-order valence-corrected chi connectivity index (χ4v) is 3.24. The molecule has 1 fully saturated rings. The number of pyridine rings is 1. The molecular formula is C20H19FN6O2. The van der Waals surface area contributed by atoms with E-state index in [4.69, 9.17) is 0 Å². The summed E-state index contributed by atoms with van der Waals surface area (Å²) in [5.74, 6) is -0.694. The van der Waals surface area contributed by atoms with Gasteiger partial charge in [0.25, 0.3) is 11.8 Å². The van der Waals surface area contributed by atoms with Gasteiger partial charge in [-0.2, -0.15) is 0 Å². The van der Waals surface area contributed by atoms with Crippen LogP contribution in [-0.4, -0.2) is 55.8 Å². The van der Waals surface area contributed by atoms with Crippen LogP contribution in [0.5, 0.6) is 0 Å². The number of rotatable bonds is 4. The van der Waals surface area contributed by atoms with Crippen molar-refractivity contribution in [2.24, 2.45) is 0 Å². The molecule has 2 amide bonds. The fourth-order valence-electron chi connectivity index (χ4n) is 3.24. The van der Waals surface area contributed by atoms with E-state index in [-0.39, 0.29) is 29.4 Å². The standard InChI is InChI=1S/C20H19FN6O2/c21-15-1-3-17(4-2-15)27-13-18(24-25-27)20(29)26-11-7-16(8-12-26)23-19(28)14-5-9-22-10-6-14/h1-6,9-10,13,16H,7-8,11-12H2,(H,23,28). The summed E-state index contributed by atoms with van der Waals surface area (Å²) in [4.78, 5) is 30.6. The van der Waals surface area contributed by atoms with Crippen molar-refractivity contribution in [3.63, 3.8) is 0 Å². The van der Waals surface area contributed by atoms with Gasteiger partial charge in [-0.3, -0.25) is 14.6 Å². The number of likely N-dealkylation sites (tertiary alicyclic amines) is 1. The zero-order valence-corrected chi connectivity index (χ0v) is 15.5. The lowest BCUT2D eigenvalue weighted by atomic mass is 10.0. The van der Waals surface area contributed by atoms with Gasteiger partial charge >= 0.3 is 0 Å². The van der Waals surface area contributed by atoms with Crippen molar-refractivity contribution in [3.05, 3.63) is 72.1 Å². The predicted molar refractivity (Wildman–Crippen MR) is 102 cm³/mol. The van der Waals surface area contributed by atoms with E-state index in [1.807, 2.05) is 0 Å². The number of carbonyl (C=O) groups excluding carboxylic acids is 2. The average molecular weight is 394 g/mol. The van der Waals surface area contributed by atoms with Crippen molar-refractivity contribution in [3.8, 4) is 5.69 Å². The second kappa shape index (κ2) is 8.17. The highest BCUT2D eigenvalue weighted by molar-refractivity contribution is 5.94. The first kappa shape index (κ1) is 18.7. The summed E-state index contributed by atoms with van der Waals surface area (Å²) in [6.07, 6.45) is 6.01. The first-order valence-corrected chi connectivity index (χ1v) is 9.28. The molecule has 0 unspecified atom stereocenters. The Morgan fingerprint density at radius 2 is 1.72 bits per heavy atom. The predicted octanol–water partition coefficient (Wildman–Crippen LogP) is 1.84. The van der Waals surface area contributed by atoms with Gasteiger partial charge < -0.3 is 10.2 Å². The molecule has 1 aliphatic heterocycles. The highest BCUT2D eigenvalue weighted by Gasteiger charge is 2.26. The number of hydrogen-bond donors (Lipinski definition) is 1. The molecule has 148 valence electrons. The minimum Gasteiger partial charge on any atom is -0.349 e.